The average molecular weight is 416 g/mol. The molecular weight excluding hydrogens is 398 g/mol. The number of allylic oxidation sites excluding steroid dienone is 1. The van der Waals surface area contributed by atoms with E-state index in [-0.39, 0.29) is 17.7 Å². The fourth-order valence-corrected chi connectivity index (χ4v) is 3.73. The Hall–Kier alpha value is -2.84. The Morgan fingerprint density at radius 1 is 1.14 bits per heavy atom. The van der Waals surface area contributed by atoms with E-state index < -0.39 is 10.0 Å². The van der Waals surface area contributed by atoms with Gasteiger partial charge in [-0.25, -0.2) is 17.8 Å². The summed E-state index contributed by atoms with van der Waals surface area (Å²) >= 11 is 6.43. The standard InChI is InChI=1S/C19H18ClN5O2S/c1-2-28(26,27)24-18-22-19-21-16(13-8-4-3-5-9-13)12-17(25(19)23-18)14-10-6-7-11-15(14)20/h3-12,17H,2H2,1H3,(H2,21,22,23,24). The van der Waals surface area contributed by atoms with Gasteiger partial charge in [-0.3, -0.25) is 0 Å². The summed E-state index contributed by atoms with van der Waals surface area (Å²) < 4.78 is 27.9. The summed E-state index contributed by atoms with van der Waals surface area (Å²) in [5.41, 5.74) is 2.66. The SMILES string of the molecule is CCS(=O)(=O)Nc1nc2n(n1)C(c1ccccc1Cl)C=C(c1ccccc1)N2. The number of halogens is 1. The van der Waals surface area contributed by atoms with Crippen molar-refractivity contribution >= 4 is 39.2 Å². The van der Waals surface area contributed by atoms with E-state index in [2.05, 4.69) is 20.1 Å². The summed E-state index contributed by atoms with van der Waals surface area (Å²) in [5, 5.41) is 8.18. The molecule has 7 nitrogen and oxygen atoms in total. The van der Waals surface area contributed by atoms with E-state index in [1.807, 2.05) is 60.7 Å². The van der Waals surface area contributed by atoms with E-state index in [0.29, 0.717) is 11.0 Å². The molecule has 0 amide bonds. The lowest BCUT2D eigenvalue weighted by molar-refractivity contribution is 0.599. The number of hydrogen-bond donors (Lipinski definition) is 2. The van der Waals surface area contributed by atoms with Gasteiger partial charge in [0.05, 0.1) is 5.75 Å². The number of sulfonamides is 1. The molecule has 0 bridgehead atoms. The number of hydrogen-bond acceptors (Lipinski definition) is 5. The molecule has 4 rings (SSSR count). The molecule has 0 saturated carbocycles. The first kappa shape index (κ1) is 18.5. The summed E-state index contributed by atoms with van der Waals surface area (Å²) in [5.74, 6) is 0.385. The Balaban J connectivity index is 1.82. The molecule has 28 heavy (non-hydrogen) atoms. The quantitative estimate of drug-likeness (QED) is 0.662. The van der Waals surface area contributed by atoms with Gasteiger partial charge in [-0.2, -0.15) is 4.98 Å². The molecule has 1 aromatic heterocycles. The number of benzene rings is 2. The van der Waals surface area contributed by atoms with Gasteiger partial charge in [-0.1, -0.05) is 60.1 Å². The zero-order valence-corrected chi connectivity index (χ0v) is 16.6. The van der Waals surface area contributed by atoms with E-state index >= 15 is 0 Å². The Morgan fingerprint density at radius 2 is 1.86 bits per heavy atom. The zero-order chi connectivity index (χ0) is 19.7. The summed E-state index contributed by atoms with van der Waals surface area (Å²) in [6.07, 6.45) is 2.00. The molecule has 0 aliphatic carbocycles. The molecule has 2 N–H and O–H groups in total. The second kappa shape index (κ2) is 7.29. The molecule has 0 spiro atoms. The first-order valence-electron chi connectivity index (χ1n) is 8.72. The van der Waals surface area contributed by atoms with Crippen LogP contribution in [0.15, 0.2) is 60.7 Å². The predicted octanol–water partition coefficient (Wildman–Crippen LogP) is 3.75. The van der Waals surface area contributed by atoms with Gasteiger partial charge in [0, 0.05) is 10.7 Å². The second-order valence-corrected chi connectivity index (χ2v) is 8.66. The number of anilines is 2. The van der Waals surface area contributed by atoms with E-state index in [1.54, 1.807) is 11.6 Å². The first-order chi connectivity index (χ1) is 13.5. The van der Waals surface area contributed by atoms with E-state index in [1.165, 1.54) is 0 Å². The highest BCUT2D eigenvalue weighted by Gasteiger charge is 2.27. The number of aromatic nitrogens is 3. The molecule has 1 aliphatic rings. The van der Waals surface area contributed by atoms with Crippen LogP contribution < -0.4 is 10.0 Å². The summed E-state index contributed by atoms with van der Waals surface area (Å²) in [6.45, 7) is 1.55. The molecular formula is C19H18ClN5O2S. The Morgan fingerprint density at radius 3 is 2.57 bits per heavy atom. The fourth-order valence-electron chi connectivity index (χ4n) is 2.97. The van der Waals surface area contributed by atoms with Gasteiger partial charge >= 0.3 is 0 Å². The minimum absolute atomic E-state index is 0.0177. The van der Waals surface area contributed by atoms with E-state index in [0.717, 1.165) is 16.8 Å². The van der Waals surface area contributed by atoms with Crippen LogP contribution in [0, 0.1) is 0 Å². The highest BCUT2D eigenvalue weighted by Crippen LogP contribution is 2.35. The number of fused-ring (bicyclic) bond motifs is 1. The van der Waals surface area contributed by atoms with Gasteiger partial charge in [0.25, 0.3) is 5.95 Å². The highest BCUT2D eigenvalue weighted by molar-refractivity contribution is 7.92. The maximum Gasteiger partial charge on any atom is 0.257 e. The van der Waals surface area contributed by atoms with Crippen LogP contribution in [0.4, 0.5) is 11.9 Å². The zero-order valence-electron chi connectivity index (χ0n) is 15.0. The van der Waals surface area contributed by atoms with E-state index in [9.17, 15) is 8.42 Å². The number of nitrogens with zero attached hydrogens (tertiary/aromatic N) is 3. The van der Waals surface area contributed by atoms with Crippen LogP contribution in [0.5, 0.6) is 0 Å². The second-order valence-electron chi connectivity index (χ2n) is 6.25. The highest BCUT2D eigenvalue weighted by atomic mass is 35.5. The average Bonchev–Trinajstić information content (AvgIpc) is 3.10. The van der Waals surface area contributed by atoms with Gasteiger partial charge in [-0.05, 0) is 30.2 Å². The molecule has 0 radical (unpaired) electrons. The maximum atomic E-state index is 11.9. The topological polar surface area (TPSA) is 88.9 Å². The van der Waals surface area contributed by atoms with Crippen molar-refractivity contribution in [3.05, 3.63) is 76.8 Å². The minimum atomic E-state index is -3.49. The first-order valence-corrected chi connectivity index (χ1v) is 10.8. The van der Waals surface area contributed by atoms with Crippen molar-refractivity contribution < 1.29 is 8.42 Å². The molecule has 1 atom stereocenters. The van der Waals surface area contributed by atoms with Crippen LogP contribution in [-0.4, -0.2) is 28.9 Å². The maximum absolute atomic E-state index is 11.9. The van der Waals surface area contributed by atoms with Crippen LogP contribution in [-0.2, 0) is 10.0 Å². The van der Waals surface area contributed by atoms with Gasteiger partial charge in [0.15, 0.2) is 0 Å². The molecule has 1 unspecified atom stereocenters. The molecule has 0 saturated heterocycles. The van der Waals surface area contributed by atoms with Crippen molar-refractivity contribution in [1.29, 1.82) is 0 Å². The van der Waals surface area contributed by atoms with Crippen LogP contribution in [0.3, 0.4) is 0 Å². The summed E-state index contributed by atoms with van der Waals surface area (Å²) in [4.78, 5) is 4.33. The van der Waals surface area contributed by atoms with Gasteiger partial charge in [0.2, 0.25) is 16.0 Å². The van der Waals surface area contributed by atoms with Gasteiger partial charge in [0.1, 0.15) is 6.04 Å². The Labute approximate surface area is 168 Å². The predicted molar refractivity (Wildman–Crippen MR) is 111 cm³/mol. The van der Waals surface area contributed by atoms with Crippen molar-refractivity contribution in [1.82, 2.24) is 14.8 Å². The van der Waals surface area contributed by atoms with Crippen molar-refractivity contribution in [2.24, 2.45) is 0 Å². The summed E-state index contributed by atoms with van der Waals surface area (Å²) in [6, 6.07) is 16.9. The monoisotopic (exact) mass is 415 g/mol. The lowest BCUT2D eigenvalue weighted by Gasteiger charge is -2.24. The molecule has 3 aromatic rings. The van der Waals surface area contributed by atoms with E-state index in [4.69, 9.17) is 11.6 Å². The number of nitrogens with one attached hydrogen (secondary N) is 2. The van der Waals surface area contributed by atoms with Crippen molar-refractivity contribution in [2.75, 3.05) is 15.8 Å². The van der Waals surface area contributed by atoms with Crippen molar-refractivity contribution in [2.45, 2.75) is 13.0 Å². The third kappa shape index (κ3) is 3.61. The lowest BCUT2D eigenvalue weighted by Crippen LogP contribution is -2.20. The Kier molecular flexibility index (Phi) is 4.82. The van der Waals surface area contributed by atoms with Crippen LogP contribution in [0.2, 0.25) is 5.02 Å². The Bertz CT molecular complexity index is 1140. The smallest absolute Gasteiger partial charge is 0.257 e. The summed E-state index contributed by atoms with van der Waals surface area (Å²) in [7, 11) is -3.49. The van der Waals surface area contributed by atoms with Crippen molar-refractivity contribution in [3.63, 3.8) is 0 Å². The van der Waals surface area contributed by atoms with Gasteiger partial charge < -0.3 is 5.32 Å². The van der Waals surface area contributed by atoms with Crippen LogP contribution in [0.1, 0.15) is 24.1 Å². The minimum Gasteiger partial charge on any atom is -0.324 e. The lowest BCUT2D eigenvalue weighted by atomic mass is 10.0. The molecule has 144 valence electrons. The molecule has 9 heteroatoms. The van der Waals surface area contributed by atoms with Crippen LogP contribution in [0.25, 0.3) is 5.70 Å². The molecule has 0 fully saturated rings. The largest absolute Gasteiger partial charge is 0.324 e. The normalized spacial score (nSPS) is 16.1. The number of rotatable bonds is 5. The molecule has 2 heterocycles. The molecule has 1 aliphatic heterocycles. The van der Waals surface area contributed by atoms with Gasteiger partial charge in [-0.15, -0.1) is 5.10 Å². The third-order valence-electron chi connectivity index (χ3n) is 4.40. The van der Waals surface area contributed by atoms with Crippen LogP contribution >= 0.6 is 11.6 Å². The molecule has 2 aromatic carbocycles. The fraction of sp³-hybridized carbons (Fsp3) is 0.158. The van der Waals surface area contributed by atoms with Crippen molar-refractivity contribution in [3.8, 4) is 0 Å². The third-order valence-corrected chi connectivity index (χ3v) is 6.00.